The molecule has 6 rings (SSSR count). The first-order valence-electron chi connectivity index (χ1n) is 9.50. The third-order valence-corrected chi connectivity index (χ3v) is 7.53. The second kappa shape index (κ2) is 4.62. The molecule has 1 aliphatic heterocycles. The number of rotatable bonds is 1. The summed E-state index contributed by atoms with van der Waals surface area (Å²) in [6.45, 7) is 4.51. The molecule has 1 amide bonds. The van der Waals surface area contributed by atoms with Crippen LogP contribution >= 0.6 is 0 Å². The topological polar surface area (TPSA) is 20.3 Å². The summed E-state index contributed by atoms with van der Waals surface area (Å²) < 4.78 is 0. The van der Waals surface area contributed by atoms with Gasteiger partial charge in [0, 0.05) is 17.6 Å². The van der Waals surface area contributed by atoms with Crippen molar-refractivity contribution in [1.29, 1.82) is 0 Å². The van der Waals surface area contributed by atoms with Crippen molar-refractivity contribution in [3.8, 4) is 0 Å². The number of hydrogen-bond acceptors (Lipinski definition) is 1. The molecule has 2 heteroatoms. The molecule has 0 N–H and O–H groups in total. The van der Waals surface area contributed by atoms with Crippen molar-refractivity contribution in [2.75, 3.05) is 4.90 Å². The summed E-state index contributed by atoms with van der Waals surface area (Å²) in [4.78, 5) is 15.9. The number of para-hydroxylation sites is 1. The van der Waals surface area contributed by atoms with Crippen molar-refractivity contribution in [2.24, 2.45) is 23.2 Å². The Balaban J connectivity index is 1.54. The number of anilines is 1. The van der Waals surface area contributed by atoms with E-state index in [1.165, 1.54) is 49.8 Å². The van der Waals surface area contributed by atoms with E-state index in [1.807, 2.05) is 0 Å². The van der Waals surface area contributed by atoms with Crippen LogP contribution in [-0.2, 0) is 4.79 Å². The van der Waals surface area contributed by atoms with Gasteiger partial charge in [-0.2, -0.15) is 0 Å². The molecule has 4 saturated carbocycles. The molecule has 0 saturated heterocycles. The molecule has 5 aliphatic rings. The Kier molecular flexibility index (Phi) is 2.82. The standard InChI is InChI=1S/C21H27NO/c1-13-14(2)22(19-6-4-3-5-18(13)19)20(23)21-10-15-7-16(11-21)9-17(8-15)12-21/h3-6,13-17H,7-12H2,1-2H3. The average Bonchev–Trinajstić information content (AvgIpc) is 2.77. The number of carbonyl (C=O) groups is 1. The van der Waals surface area contributed by atoms with E-state index in [2.05, 4.69) is 43.0 Å². The van der Waals surface area contributed by atoms with Gasteiger partial charge in [0.2, 0.25) is 5.91 Å². The van der Waals surface area contributed by atoms with E-state index in [9.17, 15) is 4.79 Å². The van der Waals surface area contributed by atoms with E-state index in [0.29, 0.717) is 17.9 Å². The Hall–Kier alpha value is -1.31. The highest BCUT2D eigenvalue weighted by molar-refractivity contribution is 6.00. The maximum Gasteiger partial charge on any atom is 0.233 e. The van der Waals surface area contributed by atoms with Gasteiger partial charge in [-0.15, -0.1) is 0 Å². The SMILES string of the molecule is CC1c2ccccc2N(C(=O)C23CC4CC(CC(C4)C2)C3)C1C. The van der Waals surface area contributed by atoms with Gasteiger partial charge in [0.1, 0.15) is 0 Å². The first-order chi connectivity index (χ1) is 11.1. The van der Waals surface area contributed by atoms with Gasteiger partial charge in [-0.25, -0.2) is 0 Å². The van der Waals surface area contributed by atoms with Crippen LogP contribution in [-0.4, -0.2) is 11.9 Å². The largest absolute Gasteiger partial charge is 0.308 e. The monoisotopic (exact) mass is 309 g/mol. The van der Waals surface area contributed by atoms with E-state index in [-0.39, 0.29) is 5.41 Å². The Morgan fingerprint density at radius 2 is 1.57 bits per heavy atom. The molecule has 1 aromatic carbocycles. The average molecular weight is 309 g/mol. The van der Waals surface area contributed by atoms with E-state index < -0.39 is 0 Å². The lowest BCUT2D eigenvalue weighted by atomic mass is 9.49. The molecule has 2 nitrogen and oxygen atoms in total. The van der Waals surface area contributed by atoms with Crippen LogP contribution < -0.4 is 4.90 Å². The molecule has 1 aromatic rings. The van der Waals surface area contributed by atoms with Crippen molar-refractivity contribution >= 4 is 11.6 Å². The van der Waals surface area contributed by atoms with Crippen LogP contribution in [0.4, 0.5) is 5.69 Å². The lowest BCUT2D eigenvalue weighted by molar-refractivity contribution is -0.143. The van der Waals surface area contributed by atoms with E-state index in [4.69, 9.17) is 0 Å². The minimum Gasteiger partial charge on any atom is -0.308 e. The molecule has 0 spiro atoms. The zero-order valence-corrected chi connectivity index (χ0v) is 14.3. The molecule has 2 atom stereocenters. The molecule has 122 valence electrons. The summed E-state index contributed by atoms with van der Waals surface area (Å²) in [7, 11) is 0. The van der Waals surface area contributed by atoms with Crippen molar-refractivity contribution in [3.05, 3.63) is 29.8 Å². The number of benzene rings is 1. The van der Waals surface area contributed by atoms with Gasteiger partial charge in [0.25, 0.3) is 0 Å². The van der Waals surface area contributed by atoms with Gasteiger partial charge in [0.15, 0.2) is 0 Å². The first-order valence-corrected chi connectivity index (χ1v) is 9.50. The fraction of sp³-hybridized carbons (Fsp3) is 0.667. The van der Waals surface area contributed by atoms with Crippen LogP contribution in [0.2, 0.25) is 0 Å². The van der Waals surface area contributed by atoms with Crippen LogP contribution in [0.15, 0.2) is 24.3 Å². The molecule has 1 heterocycles. The molecule has 4 bridgehead atoms. The van der Waals surface area contributed by atoms with Crippen molar-refractivity contribution in [2.45, 2.75) is 64.3 Å². The number of amides is 1. The molecule has 23 heavy (non-hydrogen) atoms. The van der Waals surface area contributed by atoms with Crippen LogP contribution in [0.3, 0.4) is 0 Å². The minimum atomic E-state index is -0.0276. The fourth-order valence-electron chi connectivity index (χ4n) is 6.72. The second-order valence-electron chi connectivity index (χ2n) is 8.96. The highest BCUT2D eigenvalue weighted by atomic mass is 16.2. The van der Waals surface area contributed by atoms with Gasteiger partial charge in [-0.3, -0.25) is 4.79 Å². The first kappa shape index (κ1) is 14.1. The summed E-state index contributed by atoms with van der Waals surface area (Å²) >= 11 is 0. The van der Waals surface area contributed by atoms with Crippen LogP contribution in [0.25, 0.3) is 0 Å². The number of carbonyl (C=O) groups excluding carboxylic acids is 1. The zero-order valence-electron chi connectivity index (χ0n) is 14.3. The van der Waals surface area contributed by atoms with Crippen LogP contribution in [0.1, 0.15) is 63.9 Å². The lowest BCUT2D eigenvalue weighted by Crippen LogP contribution is -2.55. The smallest absolute Gasteiger partial charge is 0.233 e. The van der Waals surface area contributed by atoms with Gasteiger partial charge in [-0.05, 0) is 74.8 Å². The summed E-state index contributed by atoms with van der Waals surface area (Å²) in [5, 5.41) is 0. The van der Waals surface area contributed by atoms with Gasteiger partial charge in [-0.1, -0.05) is 25.1 Å². The highest BCUT2D eigenvalue weighted by Gasteiger charge is 2.57. The maximum absolute atomic E-state index is 13.7. The third-order valence-electron chi connectivity index (χ3n) is 7.53. The Morgan fingerprint density at radius 3 is 2.17 bits per heavy atom. The summed E-state index contributed by atoms with van der Waals surface area (Å²) in [5.41, 5.74) is 2.52. The Morgan fingerprint density at radius 1 is 1.00 bits per heavy atom. The van der Waals surface area contributed by atoms with Gasteiger partial charge in [0.05, 0.1) is 5.41 Å². The van der Waals surface area contributed by atoms with Crippen LogP contribution in [0.5, 0.6) is 0 Å². The Labute approximate surface area is 139 Å². The molecular formula is C21H27NO. The summed E-state index contributed by atoms with van der Waals surface area (Å²) in [5.74, 6) is 3.40. The molecule has 0 radical (unpaired) electrons. The second-order valence-corrected chi connectivity index (χ2v) is 8.96. The predicted octanol–water partition coefficient (Wildman–Crippen LogP) is 4.74. The quantitative estimate of drug-likeness (QED) is 0.733. The van der Waals surface area contributed by atoms with Gasteiger partial charge < -0.3 is 4.90 Å². The summed E-state index contributed by atoms with van der Waals surface area (Å²) in [6.07, 6.45) is 7.69. The molecule has 2 unspecified atom stereocenters. The van der Waals surface area contributed by atoms with E-state index in [0.717, 1.165) is 17.8 Å². The third kappa shape index (κ3) is 1.84. The van der Waals surface area contributed by atoms with E-state index in [1.54, 1.807) is 0 Å². The zero-order chi connectivity index (χ0) is 15.8. The van der Waals surface area contributed by atoms with Crippen molar-refractivity contribution in [3.63, 3.8) is 0 Å². The highest BCUT2D eigenvalue weighted by Crippen LogP contribution is 2.61. The van der Waals surface area contributed by atoms with E-state index >= 15 is 0 Å². The molecule has 4 fully saturated rings. The lowest BCUT2D eigenvalue weighted by Gasteiger charge is -2.56. The minimum absolute atomic E-state index is 0.0276. The van der Waals surface area contributed by atoms with Crippen molar-refractivity contribution in [1.82, 2.24) is 0 Å². The normalized spacial score (nSPS) is 43.7. The maximum atomic E-state index is 13.7. The molecule has 4 aliphatic carbocycles. The van der Waals surface area contributed by atoms with Crippen LogP contribution in [0, 0.1) is 23.2 Å². The number of hydrogen-bond donors (Lipinski definition) is 0. The predicted molar refractivity (Wildman–Crippen MR) is 92.4 cm³/mol. The number of fused-ring (bicyclic) bond motifs is 1. The number of nitrogens with zero attached hydrogens (tertiary/aromatic N) is 1. The Bertz CT molecular complexity index is 628. The fourth-order valence-corrected chi connectivity index (χ4v) is 6.72. The molecular weight excluding hydrogens is 282 g/mol. The summed E-state index contributed by atoms with van der Waals surface area (Å²) in [6, 6.07) is 8.87. The van der Waals surface area contributed by atoms with Gasteiger partial charge >= 0.3 is 0 Å². The molecule has 0 aromatic heterocycles. The van der Waals surface area contributed by atoms with Crippen molar-refractivity contribution < 1.29 is 4.79 Å².